The molecule has 0 bridgehead atoms. The largest absolute Gasteiger partial charge is 0.481 e. The zero-order valence-electron chi connectivity index (χ0n) is 11.5. The number of carboxylic acids is 1. The second-order valence-electron chi connectivity index (χ2n) is 5.07. The van der Waals surface area contributed by atoms with Crippen molar-refractivity contribution in [3.63, 3.8) is 0 Å². The van der Waals surface area contributed by atoms with Crippen LogP contribution < -0.4 is 10.0 Å². The van der Waals surface area contributed by atoms with Crippen LogP contribution in [0.5, 0.6) is 0 Å². The van der Waals surface area contributed by atoms with Gasteiger partial charge in [-0.05, 0) is 32.6 Å². The van der Waals surface area contributed by atoms with E-state index in [9.17, 15) is 9.59 Å². The molecule has 6 heteroatoms. The molecule has 0 aromatic carbocycles. The molecule has 1 heterocycles. The topological polar surface area (TPSA) is 78.4 Å². The molecule has 110 valence electrons. The van der Waals surface area contributed by atoms with Crippen LogP contribution in [0.15, 0.2) is 0 Å². The third-order valence-electron chi connectivity index (χ3n) is 3.20. The van der Waals surface area contributed by atoms with Crippen LogP contribution in [0.2, 0.25) is 0 Å². The van der Waals surface area contributed by atoms with Crippen molar-refractivity contribution < 1.29 is 14.7 Å². The van der Waals surface area contributed by atoms with E-state index in [1.54, 1.807) is 0 Å². The van der Waals surface area contributed by atoms with Crippen LogP contribution >= 0.6 is 11.9 Å². The van der Waals surface area contributed by atoms with Crippen LogP contribution in [-0.2, 0) is 9.59 Å². The summed E-state index contributed by atoms with van der Waals surface area (Å²) in [6, 6.07) is -0.0572. The van der Waals surface area contributed by atoms with Crippen LogP contribution in [-0.4, -0.2) is 34.8 Å². The quantitative estimate of drug-likeness (QED) is 0.446. The highest BCUT2D eigenvalue weighted by Crippen LogP contribution is 2.22. The second kappa shape index (κ2) is 9.20. The van der Waals surface area contributed by atoms with Crippen molar-refractivity contribution in [3.05, 3.63) is 0 Å². The molecule has 1 amide bonds. The van der Waals surface area contributed by atoms with Crippen LogP contribution in [0.1, 0.15) is 51.9 Å². The van der Waals surface area contributed by atoms with E-state index in [1.165, 1.54) is 12.8 Å². The smallest absolute Gasteiger partial charge is 0.303 e. The van der Waals surface area contributed by atoms with Gasteiger partial charge in [-0.1, -0.05) is 18.4 Å². The van der Waals surface area contributed by atoms with E-state index >= 15 is 0 Å². The zero-order valence-corrected chi connectivity index (χ0v) is 12.3. The third kappa shape index (κ3) is 8.10. The van der Waals surface area contributed by atoms with Gasteiger partial charge in [-0.3, -0.25) is 14.3 Å². The molecule has 2 atom stereocenters. The number of carbonyl (C=O) groups excluding carboxylic acids is 1. The molecule has 1 fully saturated rings. The van der Waals surface area contributed by atoms with E-state index in [4.69, 9.17) is 5.11 Å². The summed E-state index contributed by atoms with van der Waals surface area (Å²) in [5.74, 6) is -0.779. The van der Waals surface area contributed by atoms with Gasteiger partial charge in [0.2, 0.25) is 5.91 Å². The first-order valence-electron chi connectivity index (χ1n) is 6.97. The Kier molecular flexibility index (Phi) is 7.90. The normalized spacial score (nSPS) is 20.2. The number of nitrogens with one attached hydrogen (secondary N) is 2. The molecule has 1 aliphatic heterocycles. The third-order valence-corrected chi connectivity index (χ3v) is 4.37. The predicted octanol–water partition coefficient (Wildman–Crippen LogP) is 1.93. The molecule has 0 aromatic heterocycles. The van der Waals surface area contributed by atoms with E-state index in [-0.39, 0.29) is 18.4 Å². The summed E-state index contributed by atoms with van der Waals surface area (Å²) in [5, 5.41) is 12.1. The molecular weight excluding hydrogens is 264 g/mol. The molecular formula is C13H24N2O3S. The molecule has 0 aromatic rings. The number of carboxylic acid groups (broad SMARTS) is 1. The average molecular weight is 288 g/mol. The standard InChI is InChI=1S/C13H24N2O3S/c1-10(6-7-13(17)18)15-12(16)5-3-2-4-11-8-9-14-19-11/h10-11,14H,2-9H2,1H3,(H,15,16)(H,17,18). The van der Waals surface area contributed by atoms with Gasteiger partial charge in [-0.2, -0.15) is 0 Å². The maximum absolute atomic E-state index is 11.6. The zero-order chi connectivity index (χ0) is 14.1. The molecule has 0 radical (unpaired) electrons. The molecule has 5 nitrogen and oxygen atoms in total. The Morgan fingerprint density at radius 1 is 1.42 bits per heavy atom. The maximum Gasteiger partial charge on any atom is 0.303 e. The fourth-order valence-electron chi connectivity index (χ4n) is 2.08. The van der Waals surface area contributed by atoms with Gasteiger partial charge in [0.25, 0.3) is 0 Å². The second-order valence-corrected chi connectivity index (χ2v) is 6.26. The van der Waals surface area contributed by atoms with Gasteiger partial charge in [0.05, 0.1) is 0 Å². The number of carbonyl (C=O) groups is 2. The molecule has 0 saturated carbocycles. The summed E-state index contributed by atoms with van der Waals surface area (Å²) < 4.78 is 3.26. The fraction of sp³-hybridized carbons (Fsp3) is 0.846. The summed E-state index contributed by atoms with van der Waals surface area (Å²) in [4.78, 5) is 22.0. The Morgan fingerprint density at radius 2 is 2.21 bits per heavy atom. The van der Waals surface area contributed by atoms with Crippen molar-refractivity contribution in [1.82, 2.24) is 10.0 Å². The lowest BCUT2D eigenvalue weighted by Crippen LogP contribution is -2.32. The monoisotopic (exact) mass is 288 g/mol. The SMILES string of the molecule is CC(CCC(=O)O)NC(=O)CCCCC1CCNS1. The van der Waals surface area contributed by atoms with Crippen molar-refractivity contribution in [1.29, 1.82) is 0 Å². The Balaban J connectivity index is 1.98. The van der Waals surface area contributed by atoms with Gasteiger partial charge >= 0.3 is 5.97 Å². The van der Waals surface area contributed by atoms with Gasteiger partial charge in [-0.25, -0.2) is 0 Å². The number of hydrogen-bond donors (Lipinski definition) is 3. The van der Waals surface area contributed by atoms with Crippen molar-refractivity contribution in [3.8, 4) is 0 Å². The summed E-state index contributed by atoms with van der Waals surface area (Å²) in [7, 11) is 0. The summed E-state index contributed by atoms with van der Waals surface area (Å²) in [5.41, 5.74) is 0. The first-order valence-corrected chi connectivity index (χ1v) is 7.85. The number of amides is 1. The maximum atomic E-state index is 11.6. The molecule has 3 N–H and O–H groups in total. The van der Waals surface area contributed by atoms with Crippen molar-refractivity contribution >= 4 is 23.8 Å². The average Bonchev–Trinajstić information content (AvgIpc) is 2.85. The molecule has 1 saturated heterocycles. The lowest BCUT2D eigenvalue weighted by atomic mass is 10.1. The molecule has 2 unspecified atom stereocenters. The number of unbranched alkanes of at least 4 members (excludes halogenated alkanes) is 1. The van der Waals surface area contributed by atoms with Crippen LogP contribution in [0.25, 0.3) is 0 Å². The van der Waals surface area contributed by atoms with E-state index in [0.717, 1.165) is 19.4 Å². The first kappa shape index (κ1) is 16.3. The Bertz CT molecular complexity index is 294. The molecule has 1 aliphatic rings. The van der Waals surface area contributed by atoms with Crippen LogP contribution in [0.4, 0.5) is 0 Å². The molecule has 1 rings (SSSR count). The Labute approximate surface area is 119 Å². The first-order chi connectivity index (χ1) is 9.08. The Morgan fingerprint density at radius 3 is 2.84 bits per heavy atom. The summed E-state index contributed by atoms with van der Waals surface area (Å²) in [6.07, 6.45) is 5.52. The van der Waals surface area contributed by atoms with Gasteiger partial charge in [0.15, 0.2) is 0 Å². The Hall–Kier alpha value is -0.750. The van der Waals surface area contributed by atoms with E-state index < -0.39 is 5.97 Å². The van der Waals surface area contributed by atoms with Crippen molar-refractivity contribution in [2.24, 2.45) is 0 Å². The van der Waals surface area contributed by atoms with Crippen LogP contribution in [0, 0.1) is 0 Å². The summed E-state index contributed by atoms with van der Waals surface area (Å²) >= 11 is 1.81. The molecule has 19 heavy (non-hydrogen) atoms. The minimum atomic E-state index is -0.816. The fourth-order valence-corrected chi connectivity index (χ4v) is 3.07. The van der Waals surface area contributed by atoms with Gasteiger partial charge in [0.1, 0.15) is 0 Å². The molecule has 0 spiro atoms. The lowest BCUT2D eigenvalue weighted by molar-refractivity contribution is -0.137. The summed E-state index contributed by atoms with van der Waals surface area (Å²) in [6.45, 7) is 2.94. The highest BCUT2D eigenvalue weighted by molar-refractivity contribution is 7.98. The van der Waals surface area contributed by atoms with Gasteiger partial charge in [0, 0.05) is 30.7 Å². The predicted molar refractivity (Wildman–Crippen MR) is 76.9 cm³/mol. The highest BCUT2D eigenvalue weighted by Gasteiger charge is 2.15. The van der Waals surface area contributed by atoms with Gasteiger partial charge < -0.3 is 10.4 Å². The number of aliphatic carboxylic acids is 1. The van der Waals surface area contributed by atoms with E-state index in [2.05, 4.69) is 10.0 Å². The minimum Gasteiger partial charge on any atom is -0.481 e. The lowest BCUT2D eigenvalue weighted by Gasteiger charge is -2.13. The van der Waals surface area contributed by atoms with E-state index in [0.29, 0.717) is 18.1 Å². The molecule has 0 aliphatic carbocycles. The number of rotatable bonds is 9. The number of hydrogen-bond acceptors (Lipinski definition) is 4. The minimum absolute atomic E-state index is 0.0371. The van der Waals surface area contributed by atoms with Crippen LogP contribution in [0.3, 0.4) is 0 Å². The van der Waals surface area contributed by atoms with E-state index in [1.807, 2.05) is 18.9 Å². The van der Waals surface area contributed by atoms with Crippen molar-refractivity contribution in [2.75, 3.05) is 6.54 Å². The van der Waals surface area contributed by atoms with Gasteiger partial charge in [-0.15, -0.1) is 0 Å². The highest BCUT2D eigenvalue weighted by atomic mass is 32.2. The van der Waals surface area contributed by atoms with Crippen molar-refractivity contribution in [2.45, 2.75) is 63.2 Å².